The summed E-state index contributed by atoms with van der Waals surface area (Å²) in [5, 5.41) is 3.95. The Kier molecular flexibility index (Phi) is 9.03. The van der Waals surface area contributed by atoms with E-state index in [1.165, 1.54) is 38.2 Å². The first-order chi connectivity index (χ1) is 25.4. The molecule has 0 aliphatic heterocycles. The molecule has 0 aliphatic rings. The van der Waals surface area contributed by atoms with Crippen molar-refractivity contribution in [3.05, 3.63) is 200 Å². The fraction of sp³-hybridized carbons (Fsp3) is 0.0612. The van der Waals surface area contributed by atoms with E-state index in [0.717, 1.165) is 34.1 Å². The van der Waals surface area contributed by atoms with Crippen molar-refractivity contribution < 1.29 is 0 Å². The van der Waals surface area contributed by atoms with Crippen LogP contribution < -0.4 is 15.0 Å². The minimum Gasteiger partial charge on any atom is -0.311 e. The summed E-state index contributed by atoms with van der Waals surface area (Å²) in [5.41, 5.74) is 11.6. The zero-order valence-corrected chi connectivity index (χ0v) is 30.9. The predicted octanol–water partition coefficient (Wildman–Crippen LogP) is 13.7. The summed E-state index contributed by atoms with van der Waals surface area (Å²) in [4.78, 5) is 4.66. The van der Waals surface area contributed by atoms with E-state index in [1.54, 1.807) is 0 Å². The molecule has 0 spiro atoms. The second kappa shape index (κ2) is 14.2. The molecule has 0 aromatic heterocycles. The van der Waals surface area contributed by atoms with Crippen LogP contribution in [0.1, 0.15) is 0 Å². The standard InChI is InChI=1S/C49H42N2Si/c1-52(2,3)49-34-32-47(33-35-49)51(48-31-26-37-12-10-11-13-42(37)36-48)46-29-24-41(25-30-46)39-20-18-38(19-21-39)40-22-27-45(28-23-40)50(43-14-6-4-7-15-43)44-16-8-5-9-17-44/h4-36H,1-3H3. The normalized spacial score (nSPS) is 11.4. The van der Waals surface area contributed by atoms with Gasteiger partial charge < -0.3 is 9.80 Å². The van der Waals surface area contributed by atoms with Gasteiger partial charge in [-0.05, 0) is 106 Å². The molecular formula is C49H42N2Si. The number of rotatable bonds is 9. The summed E-state index contributed by atoms with van der Waals surface area (Å²) in [7, 11) is -1.41. The molecule has 8 rings (SSSR count). The van der Waals surface area contributed by atoms with E-state index in [2.05, 4.69) is 230 Å². The molecule has 8 aromatic rings. The van der Waals surface area contributed by atoms with Crippen molar-refractivity contribution in [3.63, 3.8) is 0 Å². The van der Waals surface area contributed by atoms with E-state index < -0.39 is 8.07 Å². The highest BCUT2D eigenvalue weighted by Gasteiger charge is 2.19. The molecular weight excluding hydrogens is 645 g/mol. The number of hydrogen-bond acceptors (Lipinski definition) is 2. The average Bonchev–Trinajstić information content (AvgIpc) is 3.19. The first-order valence-electron chi connectivity index (χ1n) is 18.0. The van der Waals surface area contributed by atoms with Crippen molar-refractivity contribution >= 4 is 58.2 Å². The Labute approximate surface area is 308 Å². The molecule has 0 unspecified atom stereocenters. The van der Waals surface area contributed by atoms with Crippen molar-refractivity contribution in [2.45, 2.75) is 19.6 Å². The van der Waals surface area contributed by atoms with Gasteiger partial charge in [0.1, 0.15) is 0 Å². The van der Waals surface area contributed by atoms with Gasteiger partial charge in [-0.3, -0.25) is 0 Å². The second-order valence-electron chi connectivity index (χ2n) is 14.3. The Balaban J connectivity index is 1.06. The molecule has 0 heterocycles. The van der Waals surface area contributed by atoms with Gasteiger partial charge in [-0.1, -0.05) is 152 Å². The predicted molar refractivity (Wildman–Crippen MR) is 227 cm³/mol. The fourth-order valence-electron chi connectivity index (χ4n) is 6.94. The van der Waals surface area contributed by atoms with Crippen LogP contribution in [-0.2, 0) is 0 Å². The molecule has 2 nitrogen and oxygen atoms in total. The van der Waals surface area contributed by atoms with Crippen LogP contribution in [0.3, 0.4) is 0 Å². The Hall–Kier alpha value is -6.16. The highest BCUT2D eigenvalue weighted by Crippen LogP contribution is 2.38. The maximum atomic E-state index is 2.40. The third-order valence-electron chi connectivity index (χ3n) is 9.81. The summed E-state index contributed by atoms with van der Waals surface area (Å²) in [6.45, 7) is 7.20. The minimum atomic E-state index is -1.41. The zero-order chi connectivity index (χ0) is 35.5. The topological polar surface area (TPSA) is 6.48 Å². The van der Waals surface area contributed by atoms with E-state index >= 15 is 0 Å². The fourth-order valence-corrected chi connectivity index (χ4v) is 8.10. The minimum absolute atomic E-state index is 1.13. The van der Waals surface area contributed by atoms with E-state index in [9.17, 15) is 0 Å². The van der Waals surface area contributed by atoms with Crippen LogP contribution in [0.5, 0.6) is 0 Å². The number of nitrogens with zero attached hydrogens (tertiary/aromatic N) is 2. The quantitative estimate of drug-likeness (QED) is 0.139. The lowest BCUT2D eigenvalue weighted by Gasteiger charge is -2.27. The van der Waals surface area contributed by atoms with Gasteiger partial charge in [0.2, 0.25) is 0 Å². The molecule has 0 fully saturated rings. The first-order valence-corrected chi connectivity index (χ1v) is 21.5. The summed E-state index contributed by atoms with van der Waals surface area (Å²) < 4.78 is 0. The lowest BCUT2D eigenvalue weighted by molar-refractivity contribution is 1.28. The van der Waals surface area contributed by atoms with Crippen LogP contribution in [0.25, 0.3) is 33.0 Å². The average molecular weight is 687 g/mol. The smallest absolute Gasteiger partial charge is 0.0775 e. The SMILES string of the molecule is C[Si](C)(C)c1ccc(N(c2ccc(-c3ccc(-c4ccc(N(c5ccccc5)c5ccccc5)cc4)cc3)cc2)c2ccc3ccccc3c2)cc1. The molecule has 52 heavy (non-hydrogen) atoms. The first kappa shape index (κ1) is 33.0. The highest BCUT2D eigenvalue weighted by molar-refractivity contribution is 6.88. The number of benzene rings is 8. The summed E-state index contributed by atoms with van der Waals surface area (Å²) in [5.74, 6) is 0. The second-order valence-corrected chi connectivity index (χ2v) is 19.4. The number of para-hydroxylation sites is 2. The maximum Gasteiger partial charge on any atom is 0.0775 e. The number of hydrogen-bond donors (Lipinski definition) is 0. The van der Waals surface area contributed by atoms with Crippen LogP contribution in [0.15, 0.2) is 200 Å². The van der Waals surface area contributed by atoms with Gasteiger partial charge >= 0.3 is 0 Å². The van der Waals surface area contributed by atoms with Crippen LogP contribution in [0.4, 0.5) is 34.1 Å². The third-order valence-corrected chi connectivity index (χ3v) is 11.9. The van der Waals surface area contributed by atoms with Gasteiger partial charge in [-0.25, -0.2) is 0 Å². The van der Waals surface area contributed by atoms with Crippen molar-refractivity contribution in [1.82, 2.24) is 0 Å². The molecule has 0 saturated carbocycles. The van der Waals surface area contributed by atoms with Crippen LogP contribution >= 0.6 is 0 Å². The van der Waals surface area contributed by atoms with Gasteiger partial charge in [0.05, 0.1) is 8.07 Å². The van der Waals surface area contributed by atoms with Crippen molar-refractivity contribution in [2.24, 2.45) is 0 Å². The van der Waals surface area contributed by atoms with E-state index in [-0.39, 0.29) is 0 Å². The Morgan fingerprint density at radius 1 is 0.288 bits per heavy atom. The maximum absolute atomic E-state index is 2.40. The highest BCUT2D eigenvalue weighted by atomic mass is 28.3. The molecule has 0 radical (unpaired) electrons. The van der Waals surface area contributed by atoms with Gasteiger partial charge in [0, 0.05) is 34.1 Å². The Morgan fingerprint density at radius 3 is 1.06 bits per heavy atom. The van der Waals surface area contributed by atoms with Crippen LogP contribution in [-0.4, -0.2) is 8.07 Å². The Bertz CT molecular complexity index is 2360. The van der Waals surface area contributed by atoms with Gasteiger partial charge in [0.25, 0.3) is 0 Å². The third kappa shape index (κ3) is 6.92. The lowest BCUT2D eigenvalue weighted by atomic mass is 9.99. The zero-order valence-electron chi connectivity index (χ0n) is 29.9. The molecule has 0 amide bonds. The summed E-state index contributed by atoms with van der Waals surface area (Å²) in [6.07, 6.45) is 0. The lowest BCUT2D eigenvalue weighted by Crippen LogP contribution is -2.37. The molecule has 0 atom stereocenters. The largest absolute Gasteiger partial charge is 0.311 e. The molecule has 0 N–H and O–H groups in total. The van der Waals surface area contributed by atoms with E-state index in [1.807, 2.05) is 0 Å². The van der Waals surface area contributed by atoms with Crippen molar-refractivity contribution in [1.29, 1.82) is 0 Å². The van der Waals surface area contributed by atoms with Crippen LogP contribution in [0, 0.1) is 0 Å². The number of anilines is 6. The molecule has 0 bridgehead atoms. The number of fused-ring (bicyclic) bond motifs is 1. The van der Waals surface area contributed by atoms with E-state index in [4.69, 9.17) is 0 Å². The van der Waals surface area contributed by atoms with Crippen LogP contribution in [0.2, 0.25) is 19.6 Å². The van der Waals surface area contributed by atoms with Gasteiger partial charge in [0.15, 0.2) is 0 Å². The van der Waals surface area contributed by atoms with Gasteiger partial charge in [-0.2, -0.15) is 0 Å². The molecule has 8 aromatic carbocycles. The summed E-state index contributed by atoms with van der Waals surface area (Å²) >= 11 is 0. The monoisotopic (exact) mass is 686 g/mol. The Morgan fingerprint density at radius 2 is 0.615 bits per heavy atom. The van der Waals surface area contributed by atoms with E-state index in [0.29, 0.717) is 0 Å². The molecule has 0 aliphatic carbocycles. The summed E-state index contributed by atoms with van der Waals surface area (Å²) in [6, 6.07) is 72.3. The molecule has 252 valence electrons. The van der Waals surface area contributed by atoms with Crippen molar-refractivity contribution in [3.8, 4) is 22.3 Å². The van der Waals surface area contributed by atoms with Gasteiger partial charge in [-0.15, -0.1) is 0 Å². The molecule has 0 saturated heterocycles. The van der Waals surface area contributed by atoms with Crippen molar-refractivity contribution in [2.75, 3.05) is 9.80 Å². The molecule has 3 heteroatoms.